The molecule has 0 aliphatic heterocycles. The molecule has 0 fully saturated rings. The molecule has 32 heavy (non-hydrogen) atoms. The smallest absolute Gasteiger partial charge is 0.257 e. The van der Waals surface area contributed by atoms with Gasteiger partial charge in [-0.1, -0.05) is 17.7 Å². The van der Waals surface area contributed by atoms with Gasteiger partial charge < -0.3 is 14.5 Å². The van der Waals surface area contributed by atoms with Crippen LogP contribution < -0.4 is 15.4 Å². The maximum absolute atomic E-state index is 12.5. The molecule has 4 aromatic rings. The van der Waals surface area contributed by atoms with Crippen molar-refractivity contribution in [3.63, 3.8) is 0 Å². The summed E-state index contributed by atoms with van der Waals surface area (Å²) in [7, 11) is 0. The number of hydrogen-bond donors (Lipinski definition) is 2. The Morgan fingerprint density at radius 3 is 2.62 bits per heavy atom. The molecule has 0 bridgehead atoms. The largest absolute Gasteiger partial charge is 0.492 e. The van der Waals surface area contributed by atoms with E-state index in [0.29, 0.717) is 28.8 Å². The molecule has 1 heterocycles. The number of nitrogens with zero attached hydrogens (tertiary/aromatic N) is 1. The highest BCUT2D eigenvalue weighted by Crippen LogP contribution is 2.27. The van der Waals surface area contributed by atoms with Gasteiger partial charge in [0.25, 0.3) is 5.91 Å². The van der Waals surface area contributed by atoms with E-state index in [1.165, 1.54) is 0 Å². The number of oxazole rings is 1. The molecule has 0 unspecified atom stereocenters. The van der Waals surface area contributed by atoms with E-state index >= 15 is 0 Å². The summed E-state index contributed by atoms with van der Waals surface area (Å²) >= 11 is 11.4. The molecule has 8 heteroatoms. The number of aromatic nitrogens is 1. The summed E-state index contributed by atoms with van der Waals surface area (Å²) in [6.07, 6.45) is 0. The van der Waals surface area contributed by atoms with Crippen molar-refractivity contribution in [2.24, 2.45) is 0 Å². The maximum atomic E-state index is 12.5. The predicted octanol–water partition coefficient (Wildman–Crippen LogP) is 5.98. The molecule has 0 aliphatic rings. The van der Waals surface area contributed by atoms with Crippen LogP contribution in [0.2, 0.25) is 5.02 Å². The lowest BCUT2D eigenvalue weighted by Gasteiger charge is -2.11. The van der Waals surface area contributed by atoms with Gasteiger partial charge in [0.2, 0.25) is 5.89 Å². The Morgan fingerprint density at radius 2 is 1.91 bits per heavy atom. The van der Waals surface area contributed by atoms with E-state index in [-0.39, 0.29) is 11.0 Å². The SMILES string of the molecule is CCOc1ccc(C(=O)NC(=S)Nc2ccc(-c3nc4ccc(C)cc4o3)cc2)cc1Cl. The Kier molecular flexibility index (Phi) is 6.39. The minimum atomic E-state index is -0.370. The van der Waals surface area contributed by atoms with Crippen LogP contribution in [0.25, 0.3) is 22.6 Å². The van der Waals surface area contributed by atoms with E-state index in [0.717, 1.165) is 27.9 Å². The third-order valence-corrected chi connectivity index (χ3v) is 5.15. The van der Waals surface area contributed by atoms with Crippen LogP contribution in [0.3, 0.4) is 0 Å². The monoisotopic (exact) mass is 465 g/mol. The van der Waals surface area contributed by atoms with Crippen molar-refractivity contribution in [1.82, 2.24) is 10.3 Å². The molecule has 4 rings (SSSR count). The number of amides is 1. The lowest BCUT2D eigenvalue weighted by Crippen LogP contribution is -2.34. The zero-order chi connectivity index (χ0) is 22.7. The quantitative estimate of drug-likeness (QED) is 0.353. The summed E-state index contributed by atoms with van der Waals surface area (Å²) in [6, 6.07) is 18.1. The number of anilines is 1. The molecule has 2 N–H and O–H groups in total. The Labute approximate surface area is 195 Å². The second kappa shape index (κ2) is 9.38. The van der Waals surface area contributed by atoms with E-state index in [9.17, 15) is 4.79 Å². The van der Waals surface area contributed by atoms with Gasteiger partial charge in [-0.2, -0.15) is 0 Å². The van der Waals surface area contributed by atoms with E-state index < -0.39 is 0 Å². The Hall–Kier alpha value is -3.42. The number of aryl methyl sites for hydroxylation is 1. The third-order valence-electron chi connectivity index (χ3n) is 4.65. The molecule has 3 aromatic carbocycles. The number of rotatable bonds is 5. The van der Waals surface area contributed by atoms with Gasteiger partial charge in [-0.15, -0.1) is 0 Å². The van der Waals surface area contributed by atoms with Gasteiger partial charge in [-0.3, -0.25) is 10.1 Å². The first-order valence-corrected chi connectivity index (χ1v) is 10.7. The fourth-order valence-corrected chi connectivity index (χ4v) is 3.55. The highest BCUT2D eigenvalue weighted by atomic mass is 35.5. The van der Waals surface area contributed by atoms with Gasteiger partial charge >= 0.3 is 0 Å². The number of ether oxygens (including phenoxy) is 1. The molecule has 0 aliphatic carbocycles. The summed E-state index contributed by atoms with van der Waals surface area (Å²) in [4.78, 5) is 17.0. The third kappa shape index (κ3) is 4.90. The van der Waals surface area contributed by atoms with Gasteiger partial charge in [0.15, 0.2) is 10.7 Å². The van der Waals surface area contributed by atoms with Crippen molar-refractivity contribution < 1.29 is 13.9 Å². The minimum absolute atomic E-state index is 0.171. The number of nitrogens with one attached hydrogen (secondary N) is 2. The van der Waals surface area contributed by atoms with Crippen molar-refractivity contribution in [3.8, 4) is 17.2 Å². The number of benzene rings is 3. The molecule has 0 saturated carbocycles. The van der Waals surface area contributed by atoms with Gasteiger partial charge in [0.1, 0.15) is 11.3 Å². The summed E-state index contributed by atoms with van der Waals surface area (Å²) in [5.41, 5.74) is 4.61. The average molecular weight is 466 g/mol. The minimum Gasteiger partial charge on any atom is -0.492 e. The zero-order valence-corrected chi connectivity index (χ0v) is 19.0. The van der Waals surface area contributed by atoms with Crippen molar-refractivity contribution >= 4 is 51.6 Å². The molecule has 0 saturated heterocycles. The molecule has 0 radical (unpaired) electrons. The lowest BCUT2D eigenvalue weighted by atomic mass is 10.2. The first kappa shape index (κ1) is 21.8. The van der Waals surface area contributed by atoms with Crippen LogP contribution >= 0.6 is 23.8 Å². The highest BCUT2D eigenvalue weighted by molar-refractivity contribution is 7.80. The second-order valence-electron chi connectivity index (χ2n) is 7.05. The van der Waals surface area contributed by atoms with E-state index in [4.69, 9.17) is 33.0 Å². The van der Waals surface area contributed by atoms with Crippen molar-refractivity contribution in [2.75, 3.05) is 11.9 Å². The summed E-state index contributed by atoms with van der Waals surface area (Å²) in [5.74, 6) is 0.701. The van der Waals surface area contributed by atoms with E-state index in [2.05, 4.69) is 15.6 Å². The van der Waals surface area contributed by atoms with Gasteiger partial charge in [0.05, 0.1) is 11.6 Å². The zero-order valence-electron chi connectivity index (χ0n) is 17.4. The molecule has 162 valence electrons. The molecule has 0 atom stereocenters. The number of halogens is 1. The lowest BCUT2D eigenvalue weighted by molar-refractivity contribution is 0.0977. The van der Waals surface area contributed by atoms with Gasteiger partial charge in [0, 0.05) is 16.8 Å². The van der Waals surface area contributed by atoms with Gasteiger partial charge in [-0.05, 0) is 86.2 Å². The number of hydrogen-bond acceptors (Lipinski definition) is 5. The molecule has 0 spiro atoms. The molecule has 1 amide bonds. The van der Waals surface area contributed by atoms with Crippen LogP contribution in [0.5, 0.6) is 5.75 Å². The van der Waals surface area contributed by atoms with E-state index in [1.54, 1.807) is 18.2 Å². The van der Waals surface area contributed by atoms with Crippen LogP contribution in [0.4, 0.5) is 5.69 Å². The van der Waals surface area contributed by atoms with Gasteiger partial charge in [-0.25, -0.2) is 4.98 Å². The number of carbonyl (C=O) groups is 1. The van der Waals surface area contributed by atoms with Crippen LogP contribution in [-0.4, -0.2) is 22.6 Å². The molecule has 1 aromatic heterocycles. The standard InChI is InChI=1S/C24H20ClN3O3S/c1-3-30-20-11-7-16(13-18(20)25)22(29)28-24(32)26-17-8-5-15(6-9-17)23-27-19-10-4-14(2)12-21(19)31-23/h4-13H,3H2,1-2H3,(H2,26,28,29,32). The van der Waals surface area contributed by atoms with Crippen molar-refractivity contribution in [1.29, 1.82) is 0 Å². The number of fused-ring (bicyclic) bond motifs is 1. The van der Waals surface area contributed by atoms with Crippen molar-refractivity contribution in [2.45, 2.75) is 13.8 Å². The predicted molar refractivity (Wildman–Crippen MR) is 130 cm³/mol. The van der Waals surface area contributed by atoms with Crippen LogP contribution in [0.15, 0.2) is 65.1 Å². The highest BCUT2D eigenvalue weighted by Gasteiger charge is 2.12. The number of carbonyl (C=O) groups excluding carboxylic acids is 1. The fraction of sp³-hybridized carbons (Fsp3) is 0.125. The Balaban J connectivity index is 1.40. The summed E-state index contributed by atoms with van der Waals surface area (Å²) in [6.45, 7) is 4.36. The van der Waals surface area contributed by atoms with Crippen LogP contribution in [0, 0.1) is 6.92 Å². The Morgan fingerprint density at radius 1 is 1.12 bits per heavy atom. The maximum Gasteiger partial charge on any atom is 0.257 e. The molecular weight excluding hydrogens is 446 g/mol. The van der Waals surface area contributed by atoms with E-state index in [1.807, 2.05) is 56.3 Å². The molecular formula is C24H20ClN3O3S. The topological polar surface area (TPSA) is 76.4 Å². The van der Waals surface area contributed by atoms with Crippen LogP contribution in [0.1, 0.15) is 22.8 Å². The fourth-order valence-electron chi connectivity index (χ4n) is 3.10. The summed E-state index contributed by atoms with van der Waals surface area (Å²) < 4.78 is 11.2. The van der Waals surface area contributed by atoms with Crippen molar-refractivity contribution in [3.05, 3.63) is 76.8 Å². The number of thiocarbonyl (C=S) groups is 1. The summed E-state index contributed by atoms with van der Waals surface area (Å²) in [5, 5.41) is 6.17. The molecule has 6 nitrogen and oxygen atoms in total. The van der Waals surface area contributed by atoms with Crippen LogP contribution in [-0.2, 0) is 0 Å². The first-order valence-electron chi connectivity index (χ1n) is 9.95. The second-order valence-corrected chi connectivity index (χ2v) is 7.87. The first-order chi connectivity index (χ1) is 15.4. The average Bonchev–Trinajstić information content (AvgIpc) is 3.19. The Bertz CT molecular complexity index is 1300. The normalized spacial score (nSPS) is 10.7.